The lowest BCUT2D eigenvalue weighted by molar-refractivity contribution is -0.138. The Morgan fingerprint density at radius 2 is 1.80 bits per heavy atom. The summed E-state index contributed by atoms with van der Waals surface area (Å²) in [5.41, 5.74) is 1.45. The lowest BCUT2D eigenvalue weighted by atomic mass is 9.91. The van der Waals surface area contributed by atoms with E-state index < -0.39 is 11.9 Å². The third-order valence-corrected chi connectivity index (χ3v) is 4.22. The van der Waals surface area contributed by atoms with Crippen LogP contribution in [0.2, 0.25) is 0 Å². The van der Waals surface area contributed by atoms with E-state index in [4.69, 9.17) is 4.74 Å². The quantitative estimate of drug-likeness (QED) is 0.603. The molecule has 0 radical (unpaired) electrons. The van der Waals surface area contributed by atoms with Crippen molar-refractivity contribution in [3.05, 3.63) is 65.5 Å². The molecule has 2 aromatic rings. The normalized spacial score (nSPS) is 11.9. The third kappa shape index (κ3) is 5.89. The van der Waals surface area contributed by atoms with Crippen LogP contribution < -0.4 is 4.74 Å². The molecule has 0 heterocycles. The summed E-state index contributed by atoms with van der Waals surface area (Å²) in [6, 6.07) is 13.2. The largest absolute Gasteiger partial charge is 0.493 e. The van der Waals surface area contributed by atoms with Crippen LogP contribution in [0, 0.1) is 5.82 Å². The number of aliphatic carboxylic acids is 1. The fourth-order valence-corrected chi connectivity index (χ4v) is 2.79. The predicted octanol–water partition coefficient (Wildman–Crippen LogP) is 5.20. The number of carboxylic acid groups (broad SMARTS) is 1. The Hall–Kier alpha value is -2.36. The molecule has 0 amide bonds. The zero-order valence-corrected chi connectivity index (χ0v) is 14.6. The molecule has 0 bridgehead atoms. The van der Waals surface area contributed by atoms with Crippen LogP contribution in [-0.2, 0) is 11.2 Å². The molecule has 25 heavy (non-hydrogen) atoms. The smallest absolute Gasteiger partial charge is 0.311 e. The van der Waals surface area contributed by atoms with Gasteiger partial charge in [-0.25, -0.2) is 4.39 Å². The van der Waals surface area contributed by atoms with E-state index >= 15 is 0 Å². The lowest BCUT2D eigenvalue weighted by Crippen LogP contribution is -2.15. The van der Waals surface area contributed by atoms with E-state index in [-0.39, 0.29) is 5.82 Å². The molecular weight excluding hydrogens is 319 g/mol. The van der Waals surface area contributed by atoms with Crippen molar-refractivity contribution in [2.75, 3.05) is 6.61 Å². The minimum Gasteiger partial charge on any atom is -0.493 e. The van der Waals surface area contributed by atoms with Crippen LogP contribution in [0.25, 0.3) is 0 Å². The molecule has 1 unspecified atom stereocenters. The average Bonchev–Trinajstić information content (AvgIpc) is 2.61. The van der Waals surface area contributed by atoms with E-state index in [1.54, 1.807) is 0 Å². The van der Waals surface area contributed by atoms with Gasteiger partial charge in [-0.15, -0.1) is 0 Å². The second-order valence-electron chi connectivity index (χ2n) is 6.16. The second kappa shape index (κ2) is 9.82. The van der Waals surface area contributed by atoms with E-state index in [2.05, 4.69) is 6.92 Å². The minimum atomic E-state index is -0.927. The van der Waals surface area contributed by atoms with E-state index in [1.807, 2.05) is 24.3 Å². The SMILES string of the molecule is CCCCCCOc1ccccc1CC(C(=O)O)c1ccc(F)cc1. The van der Waals surface area contributed by atoms with Gasteiger partial charge in [0.1, 0.15) is 11.6 Å². The molecule has 1 N–H and O–H groups in total. The summed E-state index contributed by atoms with van der Waals surface area (Å²) in [7, 11) is 0. The van der Waals surface area contributed by atoms with Crippen LogP contribution >= 0.6 is 0 Å². The monoisotopic (exact) mass is 344 g/mol. The molecule has 0 fully saturated rings. The van der Waals surface area contributed by atoms with Crippen LogP contribution in [-0.4, -0.2) is 17.7 Å². The first-order valence-corrected chi connectivity index (χ1v) is 8.80. The number of benzene rings is 2. The van der Waals surface area contributed by atoms with Gasteiger partial charge in [-0.2, -0.15) is 0 Å². The number of carboxylic acids is 1. The summed E-state index contributed by atoms with van der Waals surface area (Å²) in [5, 5.41) is 9.59. The first-order chi connectivity index (χ1) is 12.1. The van der Waals surface area contributed by atoms with Crippen molar-refractivity contribution < 1.29 is 19.0 Å². The average molecular weight is 344 g/mol. The number of unbranched alkanes of at least 4 members (excludes halogenated alkanes) is 3. The van der Waals surface area contributed by atoms with Crippen LogP contribution in [0.5, 0.6) is 5.75 Å². The summed E-state index contributed by atoms with van der Waals surface area (Å²) in [5.74, 6) is -1.30. The van der Waals surface area contributed by atoms with Gasteiger partial charge in [0.25, 0.3) is 0 Å². The molecule has 0 spiro atoms. The number of rotatable bonds is 10. The molecule has 0 aliphatic carbocycles. The maximum atomic E-state index is 13.1. The number of halogens is 1. The van der Waals surface area contributed by atoms with E-state index in [0.29, 0.717) is 18.6 Å². The number of hydrogen-bond donors (Lipinski definition) is 1. The van der Waals surface area contributed by atoms with Crippen molar-refractivity contribution in [1.29, 1.82) is 0 Å². The maximum Gasteiger partial charge on any atom is 0.311 e. The topological polar surface area (TPSA) is 46.5 Å². The Morgan fingerprint density at radius 1 is 1.08 bits per heavy atom. The van der Waals surface area contributed by atoms with E-state index in [1.165, 1.54) is 37.1 Å². The maximum absolute atomic E-state index is 13.1. The molecule has 0 aliphatic rings. The number of ether oxygens (including phenoxy) is 1. The van der Waals surface area contributed by atoms with Crippen molar-refractivity contribution >= 4 is 5.97 Å². The molecule has 2 aromatic carbocycles. The lowest BCUT2D eigenvalue weighted by Gasteiger charge is -2.16. The molecule has 0 saturated heterocycles. The van der Waals surface area contributed by atoms with Crippen molar-refractivity contribution in [3.63, 3.8) is 0 Å². The zero-order chi connectivity index (χ0) is 18.1. The zero-order valence-electron chi connectivity index (χ0n) is 14.6. The number of hydrogen-bond acceptors (Lipinski definition) is 2. The first-order valence-electron chi connectivity index (χ1n) is 8.80. The Labute approximate surface area is 148 Å². The van der Waals surface area contributed by atoms with Gasteiger partial charge < -0.3 is 9.84 Å². The summed E-state index contributed by atoms with van der Waals surface area (Å²) in [4.78, 5) is 11.7. The van der Waals surface area contributed by atoms with Crippen molar-refractivity contribution in [3.8, 4) is 5.75 Å². The van der Waals surface area contributed by atoms with Crippen molar-refractivity contribution in [2.24, 2.45) is 0 Å². The molecule has 0 aliphatic heterocycles. The van der Waals surface area contributed by atoms with E-state index in [9.17, 15) is 14.3 Å². The third-order valence-electron chi connectivity index (χ3n) is 4.22. The molecule has 134 valence electrons. The fraction of sp³-hybridized carbons (Fsp3) is 0.381. The Balaban J connectivity index is 2.08. The molecule has 0 saturated carbocycles. The fourth-order valence-electron chi connectivity index (χ4n) is 2.79. The van der Waals surface area contributed by atoms with Crippen molar-refractivity contribution in [1.82, 2.24) is 0 Å². The minimum absolute atomic E-state index is 0.312. The van der Waals surface area contributed by atoms with Crippen LogP contribution in [0.3, 0.4) is 0 Å². The molecule has 2 rings (SSSR count). The Morgan fingerprint density at radius 3 is 2.48 bits per heavy atom. The molecular formula is C21H25FO3. The van der Waals surface area contributed by atoms with E-state index in [0.717, 1.165) is 24.2 Å². The van der Waals surface area contributed by atoms with Gasteiger partial charge in [-0.1, -0.05) is 56.5 Å². The van der Waals surface area contributed by atoms with Gasteiger partial charge in [-0.3, -0.25) is 4.79 Å². The first kappa shape index (κ1) is 19.0. The predicted molar refractivity (Wildman–Crippen MR) is 96.6 cm³/mol. The summed E-state index contributed by atoms with van der Waals surface area (Å²) in [6.07, 6.45) is 4.80. The second-order valence-corrected chi connectivity index (χ2v) is 6.16. The number of carbonyl (C=O) groups is 1. The van der Waals surface area contributed by atoms with Gasteiger partial charge in [0.15, 0.2) is 0 Å². The highest BCUT2D eigenvalue weighted by Crippen LogP contribution is 2.27. The highest BCUT2D eigenvalue weighted by atomic mass is 19.1. The van der Waals surface area contributed by atoms with Crippen LogP contribution in [0.1, 0.15) is 49.7 Å². The highest BCUT2D eigenvalue weighted by molar-refractivity contribution is 5.76. The molecule has 3 nitrogen and oxygen atoms in total. The van der Waals surface area contributed by atoms with Crippen LogP contribution in [0.15, 0.2) is 48.5 Å². The number of para-hydroxylation sites is 1. The summed E-state index contributed by atoms with van der Waals surface area (Å²) < 4.78 is 19.0. The molecule has 0 aromatic heterocycles. The summed E-state index contributed by atoms with van der Waals surface area (Å²) in [6.45, 7) is 2.79. The highest BCUT2D eigenvalue weighted by Gasteiger charge is 2.22. The van der Waals surface area contributed by atoms with Crippen LogP contribution in [0.4, 0.5) is 4.39 Å². The Kier molecular flexibility index (Phi) is 7.45. The Bertz CT molecular complexity index is 667. The van der Waals surface area contributed by atoms with Crippen molar-refractivity contribution in [2.45, 2.75) is 44.9 Å². The van der Waals surface area contributed by atoms with Gasteiger partial charge >= 0.3 is 5.97 Å². The van der Waals surface area contributed by atoms with Gasteiger partial charge in [0, 0.05) is 0 Å². The van der Waals surface area contributed by atoms with Gasteiger partial charge in [-0.05, 0) is 42.2 Å². The van der Waals surface area contributed by atoms with Gasteiger partial charge in [0.2, 0.25) is 0 Å². The summed E-state index contributed by atoms with van der Waals surface area (Å²) >= 11 is 0. The molecule has 4 heteroatoms. The van der Waals surface area contributed by atoms with Gasteiger partial charge in [0.05, 0.1) is 12.5 Å². The standard InChI is InChI=1S/C21H25FO3/c1-2-3-4-7-14-25-20-9-6-5-8-17(20)15-19(21(23)24)16-10-12-18(22)13-11-16/h5-6,8-13,19H,2-4,7,14-15H2,1H3,(H,23,24). The molecule has 1 atom stereocenters.